The number of halogens is 3. The first kappa shape index (κ1) is 15.8. The van der Waals surface area contributed by atoms with Gasteiger partial charge in [0.25, 0.3) is 0 Å². The largest absolute Gasteiger partial charge is 0.573 e. The van der Waals surface area contributed by atoms with Crippen LogP contribution in [0.1, 0.15) is 24.9 Å². The smallest absolute Gasteiger partial charge is 0.406 e. The van der Waals surface area contributed by atoms with Crippen LogP contribution >= 0.6 is 0 Å². The molecule has 0 saturated heterocycles. The van der Waals surface area contributed by atoms with E-state index in [2.05, 4.69) is 10.1 Å². The van der Waals surface area contributed by atoms with Crippen molar-refractivity contribution in [2.75, 3.05) is 20.3 Å². The zero-order chi connectivity index (χ0) is 14.3. The van der Waals surface area contributed by atoms with Gasteiger partial charge in [0.05, 0.1) is 12.6 Å². The van der Waals surface area contributed by atoms with E-state index in [9.17, 15) is 13.2 Å². The van der Waals surface area contributed by atoms with Gasteiger partial charge in [0.15, 0.2) is 0 Å². The van der Waals surface area contributed by atoms with E-state index >= 15 is 0 Å². The molecule has 3 nitrogen and oxygen atoms in total. The lowest BCUT2D eigenvalue weighted by molar-refractivity contribution is -0.274. The van der Waals surface area contributed by atoms with Crippen molar-refractivity contribution in [1.82, 2.24) is 5.32 Å². The molecule has 0 aliphatic heterocycles. The van der Waals surface area contributed by atoms with E-state index in [0.717, 1.165) is 18.5 Å². The maximum Gasteiger partial charge on any atom is 0.573 e. The van der Waals surface area contributed by atoms with E-state index in [1.54, 1.807) is 19.2 Å². The first-order valence-electron chi connectivity index (χ1n) is 6.04. The molecule has 6 heteroatoms. The number of nitrogens with one attached hydrogen (secondary N) is 1. The number of alkyl halides is 3. The number of methoxy groups -OCH3 is 1. The van der Waals surface area contributed by atoms with Gasteiger partial charge in [-0.1, -0.05) is 19.1 Å². The van der Waals surface area contributed by atoms with Crippen molar-refractivity contribution in [1.29, 1.82) is 0 Å². The van der Waals surface area contributed by atoms with Crippen LogP contribution in [-0.2, 0) is 4.74 Å². The van der Waals surface area contributed by atoms with Gasteiger partial charge >= 0.3 is 6.36 Å². The molecule has 1 N–H and O–H groups in total. The molecule has 0 aromatic heterocycles. The van der Waals surface area contributed by atoms with Gasteiger partial charge < -0.3 is 14.8 Å². The SMILES string of the molecule is CCCNC(COC)c1ccc(OC(F)(F)F)cc1. The van der Waals surface area contributed by atoms with Crippen LogP contribution in [0.4, 0.5) is 13.2 Å². The second-order valence-corrected chi connectivity index (χ2v) is 4.08. The predicted molar refractivity (Wildman–Crippen MR) is 66.0 cm³/mol. The van der Waals surface area contributed by atoms with Gasteiger partial charge in [0, 0.05) is 7.11 Å². The lowest BCUT2D eigenvalue weighted by Crippen LogP contribution is -2.25. The van der Waals surface area contributed by atoms with E-state index < -0.39 is 6.36 Å². The van der Waals surface area contributed by atoms with Gasteiger partial charge in [-0.3, -0.25) is 0 Å². The van der Waals surface area contributed by atoms with Crippen molar-refractivity contribution in [3.63, 3.8) is 0 Å². The van der Waals surface area contributed by atoms with Gasteiger partial charge in [-0.2, -0.15) is 0 Å². The molecule has 0 saturated carbocycles. The Labute approximate surface area is 110 Å². The van der Waals surface area contributed by atoms with E-state index in [0.29, 0.717) is 6.61 Å². The van der Waals surface area contributed by atoms with Crippen LogP contribution in [0.2, 0.25) is 0 Å². The number of hydrogen-bond donors (Lipinski definition) is 1. The van der Waals surface area contributed by atoms with Crippen LogP contribution < -0.4 is 10.1 Å². The summed E-state index contributed by atoms with van der Waals surface area (Å²) in [6.07, 6.45) is -3.69. The lowest BCUT2D eigenvalue weighted by Gasteiger charge is -2.18. The molecule has 1 unspecified atom stereocenters. The molecule has 0 radical (unpaired) electrons. The average molecular weight is 277 g/mol. The Morgan fingerprint density at radius 3 is 2.32 bits per heavy atom. The maximum absolute atomic E-state index is 12.0. The molecular weight excluding hydrogens is 259 g/mol. The molecule has 0 aliphatic carbocycles. The summed E-state index contributed by atoms with van der Waals surface area (Å²) in [7, 11) is 1.59. The molecular formula is C13H18F3NO2. The Kier molecular flexibility index (Phi) is 6.11. The molecule has 19 heavy (non-hydrogen) atoms. The second-order valence-electron chi connectivity index (χ2n) is 4.08. The van der Waals surface area contributed by atoms with Crippen LogP contribution in [-0.4, -0.2) is 26.6 Å². The van der Waals surface area contributed by atoms with Gasteiger partial charge in [0.1, 0.15) is 5.75 Å². The standard InChI is InChI=1S/C13H18F3NO2/c1-3-8-17-12(9-18-2)10-4-6-11(7-5-10)19-13(14,15)16/h4-7,12,17H,3,8-9H2,1-2H3. The molecule has 0 spiro atoms. The summed E-state index contributed by atoms with van der Waals surface area (Å²) in [5.74, 6) is -0.220. The fraction of sp³-hybridized carbons (Fsp3) is 0.538. The highest BCUT2D eigenvalue weighted by molar-refractivity contribution is 5.29. The third kappa shape index (κ3) is 5.94. The minimum atomic E-state index is -4.66. The van der Waals surface area contributed by atoms with Crippen molar-refractivity contribution >= 4 is 0 Å². The fourth-order valence-corrected chi connectivity index (χ4v) is 1.66. The van der Waals surface area contributed by atoms with E-state index in [1.807, 2.05) is 6.92 Å². The Balaban J connectivity index is 2.71. The number of rotatable bonds is 7. The first-order chi connectivity index (χ1) is 8.96. The molecule has 1 rings (SSSR count). The van der Waals surface area contributed by atoms with Gasteiger partial charge in [0.2, 0.25) is 0 Å². The van der Waals surface area contributed by atoms with Gasteiger partial charge in [-0.05, 0) is 30.7 Å². The number of hydrogen-bond acceptors (Lipinski definition) is 3. The van der Waals surface area contributed by atoms with E-state index in [-0.39, 0.29) is 11.8 Å². The summed E-state index contributed by atoms with van der Waals surface area (Å²) in [5.41, 5.74) is 0.866. The molecule has 1 atom stereocenters. The Morgan fingerprint density at radius 2 is 1.84 bits per heavy atom. The molecule has 0 amide bonds. The third-order valence-corrected chi connectivity index (χ3v) is 2.49. The normalized spacial score (nSPS) is 13.3. The van der Waals surface area contributed by atoms with Crippen LogP contribution in [0.25, 0.3) is 0 Å². The van der Waals surface area contributed by atoms with Crippen LogP contribution in [0.15, 0.2) is 24.3 Å². The van der Waals surface area contributed by atoms with Crippen LogP contribution in [0.3, 0.4) is 0 Å². The van der Waals surface area contributed by atoms with Crippen molar-refractivity contribution < 1.29 is 22.6 Å². The van der Waals surface area contributed by atoms with Crippen LogP contribution in [0, 0.1) is 0 Å². The highest BCUT2D eigenvalue weighted by Gasteiger charge is 2.31. The molecule has 1 aromatic rings. The summed E-state index contributed by atoms with van der Waals surface area (Å²) < 4.78 is 45.0. The molecule has 0 fully saturated rings. The van der Waals surface area contributed by atoms with Crippen molar-refractivity contribution in [3.8, 4) is 5.75 Å². The van der Waals surface area contributed by atoms with Crippen molar-refractivity contribution in [2.45, 2.75) is 25.7 Å². The van der Waals surface area contributed by atoms with Crippen molar-refractivity contribution in [2.24, 2.45) is 0 Å². The zero-order valence-corrected chi connectivity index (χ0v) is 11.0. The van der Waals surface area contributed by atoms with Gasteiger partial charge in [-0.25, -0.2) is 0 Å². The molecule has 0 bridgehead atoms. The predicted octanol–water partition coefficient (Wildman–Crippen LogP) is 3.27. The Morgan fingerprint density at radius 1 is 1.21 bits per heavy atom. The molecule has 0 heterocycles. The first-order valence-corrected chi connectivity index (χ1v) is 6.04. The Bertz CT molecular complexity index is 365. The topological polar surface area (TPSA) is 30.5 Å². The summed E-state index contributed by atoms with van der Waals surface area (Å²) in [6, 6.07) is 5.78. The maximum atomic E-state index is 12.0. The Hall–Kier alpha value is -1.27. The quantitative estimate of drug-likeness (QED) is 0.829. The monoisotopic (exact) mass is 277 g/mol. The lowest BCUT2D eigenvalue weighted by atomic mass is 10.1. The summed E-state index contributed by atoms with van der Waals surface area (Å²) in [4.78, 5) is 0. The minimum absolute atomic E-state index is 0.0371. The summed E-state index contributed by atoms with van der Waals surface area (Å²) in [5, 5.41) is 3.27. The third-order valence-electron chi connectivity index (χ3n) is 2.49. The average Bonchev–Trinajstić information content (AvgIpc) is 2.34. The second kappa shape index (κ2) is 7.35. The van der Waals surface area contributed by atoms with Gasteiger partial charge in [-0.15, -0.1) is 13.2 Å². The summed E-state index contributed by atoms with van der Waals surface area (Å²) in [6.45, 7) is 3.31. The van der Waals surface area contributed by atoms with E-state index in [1.165, 1.54) is 12.1 Å². The molecule has 1 aromatic carbocycles. The zero-order valence-electron chi connectivity index (χ0n) is 11.0. The molecule has 108 valence electrons. The highest BCUT2D eigenvalue weighted by atomic mass is 19.4. The number of benzene rings is 1. The summed E-state index contributed by atoms with van der Waals surface area (Å²) >= 11 is 0. The van der Waals surface area contributed by atoms with E-state index in [4.69, 9.17) is 4.74 Å². The van der Waals surface area contributed by atoms with Crippen molar-refractivity contribution in [3.05, 3.63) is 29.8 Å². The highest BCUT2D eigenvalue weighted by Crippen LogP contribution is 2.24. The fourth-order valence-electron chi connectivity index (χ4n) is 1.66. The molecule has 0 aliphatic rings. The minimum Gasteiger partial charge on any atom is -0.406 e. The van der Waals surface area contributed by atoms with Crippen LogP contribution in [0.5, 0.6) is 5.75 Å². The number of ether oxygens (including phenoxy) is 2.